The predicted octanol–water partition coefficient (Wildman–Crippen LogP) is 4.39. The minimum atomic E-state index is 0.466. The van der Waals surface area contributed by atoms with Gasteiger partial charge in [0.1, 0.15) is 10.6 Å². The van der Waals surface area contributed by atoms with Gasteiger partial charge in [0, 0.05) is 67.6 Å². The van der Waals surface area contributed by atoms with Gasteiger partial charge < -0.3 is 25.6 Å². The first-order valence-electron chi connectivity index (χ1n) is 14.5. The van der Waals surface area contributed by atoms with Crippen LogP contribution in [0.15, 0.2) is 24.3 Å². The highest BCUT2D eigenvalue weighted by Gasteiger charge is 2.29. The molecule has 0 atom stereocenters. The zero-order valence-electron chi connectivity index (χ0n) is 22.2. The van der Waals surface area contributed by atoms with Crippen LogP contribution in [0, 0.1) is 0 Å². The van der Waals surface area contributed by atoms with Crippen molar-refractivity contribution in [3.63, 3.8) is 0 Å². The quantitative estimate of drug-likeness (QED) is 0.431. The molecule has 9 heteroatoms. The lowest BCUT2D eigenvalue weighted by atomic mass is 9.90. The summed E-state index contributed by atoms with van der Waals surface area (Å²) in [6.45, 7) is 8.14. The standard InChI is InChI=1S/C29H39N7OS/c1-2-24-25(3-1)38-28-26(24)27(31-20-4-8-23(9-5-20)36-16-18-37-19-17-36)33-29(34-28)32-21-6-10-22(11-7-21)35-14-12-30-13-15-35/h6-7,10-11,20,23,30H,1-5,8-9,12-19H2,(H2,31,32,33,34)/t20-,23-. The summed E-state index contributed by atoms with van der Waals surface area (Å²) >= 11 is 1.87. The topological polar surface area (TPSA) is 77.6 Å². The fourth-order valence-corrected chi connectivity index (χ4v) is 7.95. The third kappa shape index (κ3) is 5.09. The smallest absolute Gasteiger partial charge is 0.230 e. The van der Waals surface area contributed by atoms with E-state index >= 15 is 0 Å². The number of rotatable bonds is 6. The van der Waals surface area contributed by atoms with Gasteiger partial charge in [-0.15, -0.1) is 11.3 Å². The highest BCUT2D eigenvalue weighted by atomic mass is 32.1. The molecule has 4 aliphatic rings. The van der Waals surface area contributed by atoms with E-state index in [2.05, 4.69) is 50.0 Å². The monoisotopic (exact) mass is 533 g/mol. The molecule has 2 aliphatic heterocycles. The summed E-state index contributed by atoms with van der Waals surface area (Å²) in [5, 5.41) is 12.1. The molecule has 2 aliphatic carbocycles. The van der Waals surface area contributed by atoms with Gasteiger partial charge >= 0.3 is 0 Å². The number of hydrogen-bond donors (Lipinski definition) is 3. The Hall–Kier alpha value is -2.46. The predicted molar refractivity (Wildman–Crippen MR) is 156 cm³/mol. The third-order valence-electron chi connectivity index (χ3n) is 8.77. The van der Waals surface area contributed by atoms with Gasteiger partial charge in [0.05, 0.1) is 18.6 Å². The highest BCUT2D eigenvalue weighted by Crippen LogP contribution is 2.41. The molecule has 0 unspecified atom stereocenters. The lowest BCUT2D eigenvalue weighted by molar-refractivity contribution is 0.00791. The number of ether oxygens (including phenoxy) is 1. The van der Waals surface area contributed by atoms with Gasteiger partial charge in [-0.3, -0.25) is 4.90 Å². The average molecular weight is 534 g/mol. The Morgan fingerprint density at radius 2 is 1.71 bits per heavy atom. The molecule has 38 heavy (non-hydrogen) atoms. The zero-order chi connectivity index (χ0) is 25.3. The van der Waals surface area contributed by atoms with E-state index in [0.717, 1.165) is 75.2 Å². The van der Waals surface area contributed by atoms with Crippen LogP contribution in [0.4, 0.5) is 23.1 Å². The molecule has 0 bridgehead atoms. The second-order valence-corrected chi connectivity index (χ2v) is 12.2. The summed E-state index contributed by atoms with van der Waals surface area (Å²) in [5.74, 6) is 1.72. The molecule has 3 aromatic rings. The Morgan fingerprint density at radius 3 is 2.50 bits per heavy atom. The summed E-state index contributed by atoms with van der Waals surface area (Å²) in [7, 11) is 0. The van der Waals surface area contributed by atoms with E-state index in [1.807, 2.05) is 11.3 Å². The van der Waals surface area contributed by atoms with Crippen LogP contribution in [-0.4, -0.2) is 79.4 Å². The normalized spacial score (nSPS) is 24.5. The molecular weight excluding hydrogens is 494 g/mol. The molecule has 2 aromatic heterocycles. The number of aryl methyl sites for hydroxylation is 2. The van der Waals surface area contributed by atoms with Crippen molar-refractivity contribution in [3.05, 3.63) is 34.7 Å². The van der Waals surface area contributed by atoms with Crippen LogP contribution in [0.5, 0.6) is 0 Å². The van der Waals surface area contributed by atoms with E-state index in [-0.39, 0.29) is 0 Å². The van der Waals surface area contributed by atoms with Crippen LogP contribution in [-0.2, 0) is 17.6 Å². The van der Waals surface area contributed by atoms with Crippen LogP contribution in [0.2, 0.25) is 0 Å². The first-order chi connectivity index (χ1) is 18.8. The second kappa shape index (κ2) is 11.0. The first-order valence-corrected chi connectivity index (χ1v) is 15.4. The Morgan fingerprint density at radius 1 is 0.921 bits per heavy atom. The van der Waals surface area contributed by atoms with Crippen LogP contribution < -0.4 is 20.9 Å². The molecule has 1 aromatic carbocycles. The van der Waals surface area contributed by atoms with Gasteiger partial charge in [-0.1, -0.05) is 0 Å². The molecule has 202 valence electrons. The molecule has 2 saturated heterocycles. The molecule has 8 nitrogen and oxygen atoms in total. The van der Waals surface area contributed by atoms with Crippen molar-refractivity contribution in [2.24, 2.45) is 0 Å². The van der Waals surface area contributed by atoms with Gasteiger partial charge in [-0.25, -0.2) is 4.98 Å². The molecule has 1 saturated carbocycles. The number of hydrogen-bond acceptors (Lipinski definition) is 9. The summed E-state index contributed by atoms with van der Waals surface area (Å²) in [4.78, 5) is 17.8. The molecule has 7 rings (SSSR count). The molecule has 3 N–H and O–H groups in total. The maximum Gasteiger partial charge on any atom is 0.230 e. The van der Waals surface area contributed by atoms with Gasteiger partial charge in [-0.2, -0.15) is 4.98 Å². The van der Waals surface area contributed by atoms with Crippen LogP contribution >= 0.6 is 11.3 Å². The summed E-state index contributed by atoms with van der Waals surface area (Å²) < 4.78 is 5.57. The average Bonchev–Trinajstić information content (AvgIpc) is 3.56. The summed E-state index contributed by atoms with van der Waals surface area (Å²) in [6, 6.07) is 9.89. The number of morpholine rings is 1. The number of thiophene rings is 1. The fraction of sp³-hybridized carbons (Fsp3) is 0.586. The van der Waals surface area contributed by atoms with E-state index in [0.29, 0.717) is 18.0 Å². The summed E-state index contributed by atoms with van der Waals surface area (Å²) in [5.41, 5.74) is 3.80. The van der Waals surface area contributed by atoms with Crippen molar-refractivity contribution in [1.29, 1.82) is 0 Å². The van der Waals surface area contributed by atoms with Crippen molar-refractivity contribution in [2.45, 2.75) is 57.0 Å². The maximum atomic E-state index is 5.57. The number of fused-ring (bicyclic) bond motifs is 3. The van der Waals surface area contributed by atoms with Crippen molar-refractivity contribution in [3.8, 4) is 0 Å². The Bertz CT molecular complexity index is 1240. The highest BCUT2D eigenvalue weighted by molar-refractivity contribution is 7.19. The second-order valence-electron chi connectivity index (χ2n) is 11.1. The van der Waals surface area contributed by atoms with Gasteiger partial charge in [0.25, 0.3) is 0 Å². The van der Waals surface area contributed by atoms with E-state index in [1.165, 1.54) is 60.0 Å². The number of piperazine rings is 1. The molecule has 3 fully saturated rings. The van der Waals surface area contributed by atoms with Gasteiger partial charge in [0.2, 0.25) is 5.95 Å². The van der Waals surface area contributed by atoms with Crippen LogP contribution in [0.25, 0.3) is 10.2 Å². The largest absolute Gasteiger partial charge is 0.379 e. The fourth-order valence-electron chi connectivity index (χ4n) is 6.69. The van der Waals surface area contributed by atoms with E-state index < -0.39 is 0 Å². The number of benzene rings is 1. The molecule has 4 heterocycles. The zero-order valence-corrected chi connectivity index (χ0v) is 23.0. The lowest BCUT2D eigenvalue weighted by Gasteiger charge is -2.39. The number of aromatic nitrogens is 2. The Labute approximate surface area is 229 Å². The lowest BCUT2D eigenvalue weighted by Crippen LogP contribution is -2.46. The SMILES string of the molecule is c1cc(N2CCNCC2)ccc1Nc1nc(N[C@H]2CC[C@H](N3CCOCC3)CC2)c2c3c(sc2n1)CCC3. The van der Waals surface area contributed by atoms with E-state index in [9.17, 15) is 0 Å². The molecule has 0 spiro atoms. The van der Waals surface area contributed by atoms with Crippen LogP contribution in [0.1, 0.15) is 42.5 Å². The Kier molecular flexibility index (Phi) is 7.09. The Balaban J connectivity index is 1.09. The molecular formula is C29H39N7OS. The van der Waals surface area contributed by atoms with Crippen molar-refractivity contribution >= 4 is 44.7 Å². The number of nitrogens with zero attached hydrogens (tertiary/aromatic N) is 4. The van der Waals surface area contributed by atoms with Crippen molar-refractivity contribution < 1.29 is 4.74 Å². The number of anilines is 4. The minimum absolute atomic E-state index is 0.466. The van der Waals surface area contributed by atoms with Crippen molar-refractivity contribution in [1.82, 2.24) is 20.2 Å². The van der Waals surface area contributed by atoms with Gasteiger partial charge in [0.15, 0.2) is 0 Å². The van der Waals surface area contributed by atoms with E-state index in [4.69, 9.17) is 14.7 Å². The summed E-state index contributed by atoms with van der Waals surface area (Å²) in [6.07, 6.45) is 8.46. The first kappa shape index (κ1) is 24.6. The third-order valence-corrected chi connectivity index (χ3v) is 9.96. The molecule has 0 amide bonds. The van der Waals surface area contributed by atoms with E-state index in [1.54, 1.807) is 0 Å². The van der Waals surface area contributed by atoms with Crippen LogP contribution in [0.3, 0.4) is 0 Å². The van der Waals surface area contributed by atoms with Crippen molar-refractivity contribution in [2.75, 3.05) is 68.0 Å². The maximum absolute atomic E-state index is 5.57. The number of nitrogens with one attached hydrogen (secondary N) is 3. The minimum Gasteiger partial charge on any atom is -0.379 e. The molecule has 0 radical (unpaired) electrons. The van der Waals surface area contributed by atoms with Gasteiger partial charge in [-0.05, 0) is 74.8 Å².